The van der Waals surface area contributed by atoms with E-state index in [1.807, 2.05) is 0 Å². The standard InChI is InChI=1S/C12H17NO3/c1-5-6-9(14)12(7-8-12)13-10(15)16-11(2,3)4/h1H,6-8H2,2-4H3,(H,13,15). The third-order valence-electron chi connectivity index (χ3n) is 2.29. The van der Waals surface area contributed by atoms with Crippen molar-refractivity contribution in [1.82, 2.24) is 5.32 Å². The van der Waals surface area contributed by atoms with Crippen LogP contribution in [0.4, 0.5) is 4.79 Å². The van der Waals surface area contributed by atoms with Gasteiger partial charge in [-0.25, -0.2) is 4.79 Å². The Balaban J connectivity index is 2.52. The molecule has 1 N–H and O–H groups in total. The smallest absolute Gasteiger partial charge is 0.408 e. The molecule has 1 amide bonds. The van der Waals surface area contributed by atoms with Crippen molar-refractivity contribution in [2.75, 3.05) is 0 Å². The Morgan fingerprint density at radius 3 is 2.38 bits per heavy atom. The second-order valence-electron chi connectivity index (χ2n) is 5.01. The summed E-state index contributed by atoms with van der Waals surface area (Å²) in [6, 6.07) is 0. The summed E-state index contributed by atoms with van der Waals surface area (Å²) in [5, 5.41) is 2.60. The molecule has 1 fully saturated rings. The molecule has 1 saturated carbocycles. The molecule has 0 unspecified atom stereocenters. The highest BCUT2D eigenvalue weighted by molar-refractivity contribution is 5.95. The van der Waals surface area contributed by atoms with Crippen LogP contribution in [0, 0.1) is 12.3 Å². The predicted molar refractivity (Wildman–Crippen MR) is 59.8 cm³/mol. The topological polar surface area (TPSA) is 55.4 Å². The first-order chi connectivity index (χ1) is 7.29. The van der Waals surface area contributed by atoms with Gasteiger partial charge in [0.05, 0.1) is 6.42 Å². The summed E-state index contributed by atoms with van der Waals surface area (Å²) in [4.78, 5) is 23.1. The summed E-state index contributed by atoms with van der Waals surface area (Å²) in [6.07, 6.45) is 5.85. The maximum absolute atomic E-state index is 11.6. The molecule has 0 aromatic rings. The highest BCUT2D eigenvalue weighted by Gasteiger charge is 2.50. The molecular formula is C12H17NO3. The van der Waals surface area contributed by atoms with Gasteiger partial charge in [0.1, 0.15) is 11.1 Å². The van der Waals surface area contributed by atoms with Crippen LogP contribution in [0.25, 0.3) is 0 Å². The minimum Gasteiger partial charge on any atom is -0.444 e. The number of hydrogen-bond acceptors (Lipinski definition) is 3. The number of hydrogen-bond donors (Lipinski definition) is 1. The molecule has 1 rings (SSSR count). The number of Topliss-reactive ketones (excluding diaryl/α,β-unsaturated/α-hetero) is 1. The molecule has 1 aliphatic carbocycles. The highest BCUT2D eigenvalue weighted by Crippen LogP contribution is 2.37. The van der Waals surface area contributed by atoms with E-state index in [2.05, 4.69) is 11.2 Å². The molecule has 0 atom stereocenters. The molecule has 88 valence electrons. The molecule has 0 heterocycles. The number of amides is 1. The zero-order valence-corrected chi connectivity index (χ0v) is 9.92. The van der Waals surface area contributed by atoms with Crippen LogP contribution in [-0.4, -0.2) is 23.0 Å². The predicted octanol–water partition coefficient (Wildman–Crippen LogP) is 1.64. The van der Waals surface area contributed by atoms with E-state index in [1.54, 1.807) is 20.8 Å². The Kier molecular flexibility index (Phi) is 3.27. The van der Waals surface area contributed by atoms with Crippen LogP contribution < -0.4 is 5.32 Å². The number of terminal acetylenes is 1. The Morgan fingerprint density at radius 2 is 2.00 bits per heavy atom. The van der Waals surface area contributed by atoms with Crippen LogP contribution in [0.1, 0.15) is 40.0 Å². The van der Waals surface area contributed by atoms with Crippen molar-refractivity contribution in [3.05, 3.63) is 0 Å². The van der Waals surface area contributed by atoms with Crippen LogP contribution in [0.15, 0.2) is 0 Å². The van der Waals surface area contributed by atoms with Crippen LogP contribution in [0.2, 0.25) is 0 Å². The van der Waals surface area contributed by atoms with E-state index in [0.717, 1.165) is 0 Å². The minimum absolute atomic E-state index is 0.0514. The van der Waals surface area contributed by atoms with Crippen molar-refractivity contribution in [1.29, 1.82) is 0 Å². The third-order valence-corrected chi connectivity index (χ3v) is 2.29. The average Bonchev–Trinajstić information content (AvgIpc) is 2.82. The lowest BCUT2D eigenvalue weighted by Crippen LogP contribution is -2.45. The third kappa shape index (κ3) is 3.27. The fraction of sp³-hybridized carbons (Fsp3) is 0.667. The first-order valence-electron chi connectivity index (χ1n) is 5.27. The number of carbonyl (C=O) groups is 2. The summed E-state index contributed by atoms with van der Waals surface area (Å²) < 4.78 is 5.09. The van der Waals surface area contributed by atoms with Crippen LogP contribution >= 0.6 is 0 Å². The molecule has 0 aromatic heterocycles. The van der Waals surface area contributed by atoms with E-state index in [-0.39, 0.29) is 12.2 Å². The van der Waals surface area contributed by atoms with Crippen molar-refractivity contribution in [3.63, 3.8) is 0 Å². The molecule has 16 heavy (non-hydrogen) atoms. The van der Waals surface area contributed by atoms with E-state index >= 15 is 0 Å². The summed E-state index contributed by atoms with van der Waals surface area (Å²) >= 11 is 0. The van der Waals surface area contributed by atoms with Gasteiger partial charge in [-0.1, -0.05) is 5.92 Å². The molecule has 4 nitrogen and oxygen atoms in total. The fourth-order valence-electron chi connectivity index (χ4n) is 1.36. The van der Waals surface area contributed by atoms with Gasteiger partial charge in [0.15, 0.2) is 5.78 Å². The van der Waals surface area contributed by atoms with Crippen molar-refractivity contribution in [2.24, 2.45) is 0 Å². The Labute approximate surface area is 95.7 Å². The molecule has 1 aliphatic rings. The Hall–Kier alpha value is -1.50. The van der Waals surface area contributed by atoms with Crippen molar-refractivity contribution >= 4 is 11.9 Å². The maximum atomic E-state index is 11.6. The van der Waals surface area contributed by atoms with Crippen LogP contribution in [0.3, 0.4) is 0 Å². The molecule has 4 heteroatoms. The average molecular weight is 223 g/mol. The first-order valence-corrected chi connectivity index (χ1v) is 5.27. The van der Waals surface area contributed by atoms with Crippen molar-refractivity contribution in [3.8, 4) is 12.3 Å². The molecule has 0 saturated heterocycles. The van der Waals surface area contributed by atoms with Crippen LogP contribution in [0.5, 0.6) is 0 Å². The summed E-state index contributed by atoms with van der Waals surface area (Å²) in [5.41, 5.74) is -1.32. The summed E-state index contributed by atoms with van der Waals surface area (Å²) in [7, 11) is 0. The number of ether oxygens (including phenoxy) is 1. The van der Waals surface area contributed by atoms with Gasteiger partial charge < -0.3 is 10.1 Å². The number of carbonyl (C=O) groups excluding carboxylic acids is 2. The van der Waals surface area contributed by atoms with Gasteiger partial charge in [-0.3, -0.25) is 4.79 Å². The number of nitrogens with one attached hydrogen (secondary N) is 1. The lowest BCUT2D eigenvalue weighted by Gasteiger charge is -2.22. The van der Waals surface area contributed by atoms with Crippen LogP contribution in [-0.2, 0) is 9.53 Å². The molecule has 0 bridgehead atoms. The van der Waals surface area contributed by atoms with E-state index < -0.39 is 17.2 Å². The minimum atomic E-state index is -0.755. The Bertz CT molecular complexity index is 342. The van der Waals surface area contributed by atoms with E-state index in [0.29, 0.717) is 12.8 Å². The molecule has 0 aliphatic heterocycles. The second-order valence-corrected chi connectivity index (χ2v) is 5.01. The largest absolute Gasteiger partial charge is 0.444 e. The number of rotatable bonds is 3. The fourth-order valence-corrected chi connectivity index (χ4v) is 1.36. The van der Waals surface area contributed by atoms with E-state index in [4.69, 9.17) is 11.2 Å². The zero-order chi connectivity index (χ0) is 12.4. The van der Waals surface area contributed by atoms with Gasteiger partial charge in [0.25, 0.3) is 0 Å². The van der Waals surface area contributed by atoms with E-state index in [1.165, 1.54) is 0 Å². The van der Waals surface area contributed by atoms with Gasteiger partial charge in [-0.15, -0.1) is 6.42 Å². The first kappa shape index (κ1) is 12.6. The van der Waals surface area contributed by atoms with Crippen molar-refractivity contribution < 1.29 is 14.3 Å². The van der Waals surface area contributed by atoms with E-state index in [9.17, 15) is 9.59 Å². The molecular weight excluding hydrogens is 206 g/mol. The summed E-state index contributed by atoms with van der Waals surface area (Å²) in [6.45, 7) is 5.32. The normalized spacial score (nSPS) is 17.1. The van der Waals surface area contributed by atoms with Gasteiger partial charge in [-0.05, 0) is 33.6 Å². The summed E-state index contributed by atoms with van der Waals surface area (Å²) in [5.74, 6) is 2.18. The van der Waals surface area contributed by atoms with Crippen molar-refractivity contribution in [2.45, 2.75) is 51.2 Å². The maximum Gasteiger partial charge on any atom is 0.408 e. The Morgan fingerprint density at radius 1 is 1.44 bits per heavy atom. The SMILES string of the molecule is C#CCC(=O)C1(NC(=O)OC(C)(C)C)CC1. The number of ketones is 1. The monoisotopic (exact) mass is 223 g/mol. The highest BCUT2D eigenvalue weighted by atomic mass is 16.6. The van der Waals surface area contributed by atoms with Gasteiger partial charge in [-0.2, -0.15) is 0 Å². The molecule has 0 aromatic carbocycles. The second kappa shape index (κ2) is 4.17. The molecule has 0 radical (unpaired) electrons. The zero-order valence-electron chi connectivity index (χ0n) is 9.92. The lowest BCUT2D eigenvalue weighted by atomic mass is 10.1. The van der Waals surface area contributed by atoms with Gasteiger partial charge in [0, 0.05) is 0 Å². The van der Waals surface area contributed by atoms with Gasteiger partial charge >= 0.3 is 6.09 Å². The lowest BCUT2D eigenvalue weighted by molar-refractivity contribution is -0.121. The molecule has 0 spiro atoms. The van der Waals surface area contributed by atoms with Gasteiger partial charge in [0.2, 0.25) is 0 Å². The number of alkyl carbamates (subject to hydrolysis) is 1. The quantitative estimate of drug-likeness (QED) is 0.740.